The number of imidazole rings is 1. The number of hydrogen-bond donors (Lipinski definition) is 1. The molecular formula is C17H17N3. The van der Waals surface area contributed by atoms with Gasteiger partial charge in [0.05, 0.1) is 0 Å². The van der Waals surface area contributed by atoms with Gasteiger partial charge in [-0.25, -0.2) is 4.98 Å². The Bertz CT molecular complexity index is 711. The monoisotopic (exact) mass is 263 g/mol. The van der Waals surface area contributed by atoms with Crippen molar-refractivity contribution in [3.05, 3.63) is 72.1 Å². The van der Waals surface area contributed by atoms with E-state index < -0.39 is 0 Å². The lowest BCUT2D eigenvalue weighted by molar-refractivity contribution is 0.802. The van der Waals surface area contributed by atoms with E-state index in [0.717, 1.165) is 23.6 Å². The van der Waals surface area contributed by atoms with Gasteiger partial charge in [-0.15, -0.1) is 0 Å². The fourth-order valence-corrected chi connectivity index (χ4v) is 2.30. The lowest BCUT2D eigenvalue weighted by atomic mass is 10.1. The fraction of sp³-hybridized carbons (Fsp3) is 0.118. The molecule has 0 bridgehead atoms. The average molecular weight is 263 g/mol. The van der Waals surface area contributed by atoms with E-state index in [1.807, 2.05) is 36.7 Å². The van der Waals surface area contributed by atoms with Crippen LogP contribution in [0, 0.1) is 6.92 Å². The Morgan fingerprint density at radius 3 is 2.55 bits per heavy atom. The minimum atomic E-state index is 0.769. The molecule has 0 aliphatic carbocycles. The van der Waals surface area contributed by atoms with Gasteiger partial charge in [0, 0.05) is 30.2 Å². The first-order chi connectivity index (χ1) is 9.74. The molecule has 0 saturated heterocycles. The van der Waals surface area contributed by atoms with Gasteiger partial charge in [-0.3, -0.25) is 0 Å². The summed E-state index contributed by atoms with van der Waals surface area (Å²) >= 11 is 0. The predicted molar refractivity (Wildman–Crippen MR) is 82.4 cm³/mol. The van der Waals surface area contributed by atoms with Crippen molar-refractivity contribution in [3.8, 4) is 11.4 Å². The molecule has 20 heavy (non-hydrogen) atoms. The molecule has 0 aliphatic rings. The molecule has 0 aliphatic heterocycles. The molecule has 0 unspecified atom stereocenters. The fourth-order valence-electron chi connectivity index (χ4n) is 2.30. The van der Waals surface area contributed by atoms with E-state index in [2.05, 4.69) is 40.7 Å². The van der Waals surface area contributed by atoms with Gasteiger partial charge >= 0.3 is 0 Å². The molecule has 0 saturated carbocycles. The number of hydrogen-bond acceptors (Lipinski definition) is 2. The first kappa shape index (κ1) is 12.5. The van der Waals surface area contributed by atoms with Crippen LogP contribution in [-0.4, -0.2) is 9.55 Å². The van der Waals surface area contributed by atoms with Crippen molar-refractivity contribution in [1.29, 1.82) is 0 Å². The summed E-state index contributed by atoms with van der Waals surface area (Å²) < 4.78 is 2.16. The van der Waals surface area contributed by atoms with Crippen molar-refractivity contribution in [2.75, 3.05) is 5.73 Å². The summed E-state index contributed by atoms with van der Waals surface area (Å²) in [6.07, 6.45) is 3.85. The van der Waals surface area contributed by atoms with Crippen molar-refractivity contribution in [1.82, 2.24) is 9.55 Å². The molecular weight excluding hydrogens is 246 g/mol. The van der Waals surface area contributed by atoms with Crippen molar-refractivity contribution in [2.45, 2.75) is 13.5 Å². The van der Waals surface area contributed by atoms with Gasteiger partial charge in [-0.1, -0.05) is 24.3 Å². The van der Waals surface area contributed by atoms with Crippen LogP contribution in [0.4, 0.5) is 5.69 Å². The number of aryl methyl sites for hydroxylation is 1. The summed E-state index contributed by atoms with van der Waals surface area (Å²) in [5.41, 5.74) is 10.2. The number of nitrogens with zero attached hydrogens (tertiary/aromatic N) is 2. The lowest BCUT2D eigenvalue weighted by Gasteiger charge is -2.10. The average Bonchev–Trinajstić information content (AvgIpc) is 2.90. The van der Waals surface area contributed by atoms with E-state index >= 15 is 0 Å². The van der Waals surface area contributed by atoms with Crippen LogP contribution >= 0.6 is 0 Å². The molecule has 0 atom stereocenters. The summed E-state index contributed by atoms with van der Waals surface area (Å²) in [6, 6.07) is 16.2. The molecule has 1 heterocycles. The predicted octanol–water partition coefficient (Wildman–Crippen LogP) is 3.49. The van der Waals surface area contributed by atoms with E-state index in [1.54, 1.807) is 0 Å². The maximum atomic E-state index is 5.73. The zero-order chi connectivity index (χ0) is 13.9. The molecule has 0 radical (unpaired) electrons. The number of benzene rings is 2. The van der Waals surface area contributed by atoms with E-state index in [-0.39, 0.29) is 0 Å². The highest BCUT2D eigenvalue weighted by molar-refractivity contribution is 5.59. The molecule has 1 aromatic heterocycles. The number of nitrogens with two attached hydrogens (primary N) is 1. The van der Waals surface area contributed by atoms with Crippen molar-refractivity contribution in [3.63, 3.8) is 0 Å². The van der Waals surface area contributed by atoms with Crippen LogP contribution in [0.3, 0.4) is 0 Å². The second-order valence-electron chi connectivity index (χ2n) is 4.93. The maximum absolute atomic E-state index is 5.73. The third-order valence-corrected chi connectivity index (χ3v) is 3.49. The van der Waals surface area contributed by atoms with Crippen molar-refractivity contribution in [2.24, 2.45) is 0 Å². The quantitative estimate of drug-likeness (QED) is 0.735. The maximum Gasteiger partial charge on any atom is 0.140 e. The van der Waals surface area contributed by atoms with Gasteiger partial charge in [0.2, 0.25) is 0 Å². The number of aromatic nitrogens is 2. The minimum Gasteiger partial charge on any atom is -0.399 e. The Morgan fingerprint density at radius 2 is 1.80 bits per heavy atom. The van der Waals surface area contributed by atoms with E-state index in [9.17, 15) is 0 Å². The molecule has 2 N–H and O–H groups in total. The van der Waals surface area contributed by atoms with Gasteiger partial charge in [-0.2, -0.15) is 0 Å². The van der Waals surface area contributed by atoms with Crippen LogP contribution in [0.1, 0.15) is 11.1 Å². The summed E-state index contributed by atoms with van der Waals surface area (Å²) in [4.78, 5) is 4.46. The molecule has 3 heteroatoms. The molecule has 3 rings (SSSR count). The Hall–Kier alpha value is -2.55. The minimum absolute atomic E-state index is 0.769. The molecule has 3 nitrogen and oxygen atoms in total. The Balaban J connectivity index is 1.95. The van der Waals surface area contributed by atoms with Gasteiger partial charge in [-0.05, 0) is 42.3 Å². The van der Waals surface area contributed by atoms with Crippen LogP contribution in [0.25, 0.3) is 11.4 Å². The largest absolute Gasteiger partial charge is 0.399 e. The smallest absolute Gasteiger partial charge is 0.140 e. The Labute approximate surface area is 118 Å². The van der Waals surface area contributed by atoms with E-state index in [4.69, 9.17) is 5.73 Å². The molecule has 0 spiro atoms. The Morgan fingerprint density at radius 1 is 1.05 bits per heavy atom. The van der Waals surface area contributed by atoms with Crippen molar-refractivity contribution >= 4 is 5.69 Å². The highest BCUT2D eigenvalue weighted by atomic mass is 15.1. The number of nitrogen functional groups attached to an aromatic ring is 1. The van der Waals surface area contributed by atoms with E-state index in [0.29, 0.717) is 0 Å². The lowest BCUT2D eigenvalue weighted by Crippen LogP contribution is -2.02. The summed E-state index contributed by atoms with van der Waals surface area (Å²) in [5, 5.41) is 0. The second-order valence-corrected chi connectivity index (χ2v) is 4.93. The van der Waals surface area contributed by atoms with Crippen LogP contribution in [0.2, 0.25) is 0 Å². The normalized spacial score (nSPS) is 10.7. The van der Waals surface area contributed by atoms with Crippen LogP contribution in [0.5, 0.6) is 0 Å². The standard InChI is InChI=1S/C17H17N3/c1-13-4-2-3-5-15(13)12-20-11-10-19-17(20)14-6-8-16(18)9-7-14/h2-11H,12,18H2,1H3. The highest BCUT2D eigenvalue weighted by Crippen LogP contribution is 2.20. The highest BCUT2D eigenvalue weighted by Gasteiger charge is 2.07. The van der Waals surface area contributed by atoms with Gasteiger partial charge in [0.1, 0.15) is 5.82 Å². The topological polar surface area (TPSA) is 43.8 Å². The summed E-state index contributed by atoms with van der Waals surface area (Å²) in [6.45, 7) is 2.96. The zero-order valence-electron chi connectivity index (χ0n) is 11.5. The summed E-state index contributed by atoms with van der Waals surface area (Å²) in [7, 11) is 0. The number of rotatable bonds is 3. The molecule has 3 aromatic rings. The SMILES string of the molecule is Cc1ccccc1Cn1ccnc1-c1ccc(N)cc1. The second kappa shape index (κ2) is 5.21. The van der Waals surface area contributed by atoms with E-state index in [1.165, 1.54) is 11.1 Å². The zero-order valence-corrected chi connectivity index (χ0v) is 11.5. The molecule has 0 amide bonds. The molecule has 0 fully saturated rings. The third-order valence-electron chi connectivity index (χ3n) is 3.49. The van der Waals surface area contributed by atoms with Crippen LogP contribution in [0.15, 0.2) is 60.9 Å². The Kier molecular flexibility index (Phi) is 3.25. The van der Waals surface area contributed by atoms with Gasteiger partial charge < -0.3 is 10.3 Å². The van der Waals surface area contributed by atoms with Crippen LogP contribution in [-0.2, 0) is 6.54 Å². The first-order valence-corrected chi connectivity index (χ1v) is 6.65. The van der Waals surface area contributed by atoms with Crippen molar-refractivity contribution < 1.29 is 0 Å². The molecule has 2 aromatic carbocycles. The van der Waals surface area contributed by atoms with Crippen LogP contribution < -0.4 is 5.73 Å². The summed E-state index contributed by atoms with van der Waals surface area (Å²) in [5.74, 6) is 0.966. The van der Waals surface area contributed by atoms with Gasteiger partial charge in [0.15, 0.2) is 0 Å². The van der Waals surface area contributed by atoms with Gasteiger partial charge in [0.25, 0.3) is 0 Å². The first-order valence-electron chi connectivity index (χ1n) is 6.65. The third kappa shape index (κ3) is 2.43. The molecule has 100 valence electrons. The number of anilines is 1.